The second kappa shape index (κ2) is 6.48. The van der Waals surface area contributed by atoms with E-state index < -0.39 is 0 Å². The van der Waals surface area contributed by atoms with Crippen LogP contribution in [0.4, 0.5) is 0 Å². The number of nitriles is 1. The molecular weight excluding hydrogens is 254 g/mol. The standard InChI is InChI=1S/C16H15NO3/c1-18-14-7-15(19-2)9-16(8-14)20-11-13-5-3-4-12(6-13)10-17/h3-9H,11H2,1-2H3. The molecule has 2 aromatic carbocycles. The van der Waals surface area contributed by atoms with Crippen LogP contribution in [0.25, 0.3) is 0 Å². The molecule has 0 aliphatic heterocycles. The van der Waals surface area contributed by atoms with Crippen LogP contribution in [0.5, 0.6) is 17.2 Å². The van der Waals surface area contributed by atoms with Gasteiger partial charge in [0.25, 0.3) is 0 Å². The van der Waals surface area contributed by atoms with E-state index in [9.17, 15) is 0 Å². The van der Waals surface area contributed by atoms with E-state index in [0.717, 1.165) is 5.56 Å². The minimum Gasteiger partial charge on any atom is -0.496 e. The van der Waals surface area contributed by atoms with Gasteiger partial charge in [0.1, 0.15) is 23.9 Å². The summed E-state index contributed by atoms with van der Waals surface area (Å²) in [7, 11) is 3.18. The number of rotatable bonds is 5. The summed E-state index contributed by atoms with van der Waals surface area (Å²) in [5.74, 6) is 2.00. The lowest BCUT2D eigenvalue weighted by molar-refractivity contribution is 0.300. The maximum Gasteiger partial charge on any atom is 0.127 e. The largest absolute Gasteiger partial charge is 0.496 e. The molecule has 0 fully saturated rings. The second-order valence-corrected chi connectivity index (χ2v) is 4.15. The third-order valence-corrected chi connectivity index (χ3v) is 2.79. The molecule has 0 unspecified atom stereocenters. The monoisotopic (exact) mass is 269 g/mol. The first-order chi connectivity index (χ1) is 9.75. The van der Waals surface area contributed by atoms with E-state index in [0.29, 0.717) is 29.4 Å². The Bertz CT molecular complexity index is 610. The van der Waals surface area contributed by atoms with E-state index in [2.05, 4.69) is 6.07 Å². The lowest BCUT2D eigenvalue weighted by Gasteiger charge is -2.10. The summed E-state index contributed by atoms with van der Waals surface area (Å²) in [6, 6.07) is 14.8. The van der Waals surface area contributed by atoms with Gasteiger partial charge >= 0.3 is 0 Å². The van der Waals surface area contributed by atoms with Gasteiger partial charge in [-0.3, -0.25) is 0 Å². The number of hydrogen-bond donors (Lipinski definition) is 0. The highest BCUT2D eigenvalue weighted by atomic mass is 16.5. The molecule has 0 bridgehead atoms. The van der Waals surface area contributed by atoms with Crippen molar-refractivity contribution in [2.24, 2.45) is 0 Å². The molecular formula is C16H15NO3. The molecule has 4 heteroatoms. The molecule has 0 aliphatic rings. The van der Waals surface area contributed by atoms with Gasteiger partial charge in [-0.05, 0) is 17.7 Å². The Morgan fingerprint density at radius 1 is 0.950 bits per heavy atom. The molecule has 0 spiro atoms. The Morgan fingerprint density at radius 2 is 1.60 bits per heavy atom. The van der Waals surface area contributed by atoms with Crippen molar-refractivity contribution in [1.29, 1.82) is 5.26 Å². The van der Waals surface area contributed by atoms with Crippen molar-refractivity contribution in [3.8, 4) is 23.3 Å². The Balaban J connectivity index is 2.12. The topological polar surface area (TPSA) is 51.5 Å². The summed E-state index contributed by atoms with van der Waals surface area (Å²) in [6.07, 6.45) is 0. The van der Waals surface area contributed by atoms with Crippen molar-refractivity contribution < 1.29 is 14.2 Å². The summed E-state index contributed by atoms with van der Waals surface area (Å²) < 4.78 is 16.1. The molecule has 0 atom stereocenters. The van der Waals surface area contributed by atoms with Gasteiger partial charge in [-0.15, -0.1) is 0 Å². The van der Waals surface area contributed by atoms with Crippen LogP contribution >= 0.6 is 0 Å². The average molecular weight is 269 g/mol. The zero-order chi connectivity index (χ0) is 14.4. The van der Waals surface area contributed by atoms with Gasteiger partial charge in [-0.25, -0.2) is 0 Å². The van der Waals surface area contributed by atoms with E-state index in [1.165, 1.54) is 0 Å². The first-order valence-corrected chi connectivity index (χ1v) is 6.10. The van der Waals surface area contributed by atoms with Crippen molar-refractivity contribution in [3.63, 3.8) is 0 Å². The number of nitrogens with zero attached hydrogens (tertiary/aromatic N) is 1. The molecule has 0 saturated heterocycles. The van der Waals surface area contributed by atoms with Gasteiger partial charge in [0.15, 0.2) is 0 Å². The number of hydrogen-bond acceptors (Lipinski definition) is 4. The SMILES string of the molecule is COc1cc(OC)cc(OCc2cccc(C#N)c2)c1. The zero-order valence-electron chi connectivity index (χ0n) is 11.4. The highest BCUT2D eigenvalue weighted by Crippen LogP contribution is 2.27. The van der Waals surface area contributed by atoms with Crippen molar-refractivity contribution in [2.75, 3.05) is 14.2 Å². The normalized spacial score (nSPS) is 9.65. The Morgan fingerprint density at radius 3 is 2.20 bits per heavy atom. The average Bonchev–Trinajstić information content (AvgIpc) is 2.52. The summed E-state index contributed by atoms with van der Waals surface area (Å²) in [6.45, 7) is 0.381. The number of methoxy groups -OCH3 is 2. The molecule has 0 N–H and O–H groups in total. The maximum atomic E-state index is 8.86. The first kappa shape index (κ1) is 13.8. The van der Waals surface area contributed by atoms with Gasteiger partial charge in [0, 0.05) is 18.2 Å². The molecule has 0 radical (unpaired) electrons. The van der Waals surface area contributed by atoms with E-state index in [-0.39, 0.29) is 0 Å². The molecule has 4 nitrogen and oxygen atoms in total. The van der Waals surface area contributed by atoms with Gasteiger partial charge in [-0.2, -0.15) is 5.26 Å². The van der Waals surface area contributed by atoms with E-state index in [1.54, 1.807) is 44.6 Å². The number of benzene rings is 2. The van der Waals surface area contributed by atoms with E-state index >= 15 is 0 Å². The fourth-order valence-corrected chi connectivity index (χ4v) is 1.76. The smallest absolute Gasteiger partial charge is 0.127 e. The van der Waals surface area contributed by atoms with Crippen LogP contribution in [0.15, 0.2) is 42.5 Å². The van der Waals surface area contributed by atoms with Crippen molar-refractivity contribution in [2.45, 2.75) is 6.61 Å². The third-order valence-electron chi connectivity index (χ3n) is 2.79. The van der Waals surface area contributed by atoms with Gasteiger partial charge in [0.2, 0.25) is 0 Å². The van der Waals surface area contributed by atoms with Crippen molar-refractivity contribution in [3.05, 3.63) is 53.6 Å². The molecule has 0 heterocycles. The van der Waals surface area contributed by atoms with E-state index in [1.807, 2.05) is 12.1 Å². The van der Waals surface area contributed by atoms with Gasteiger partial charge in [-0.1, -0.05) is 12.1 Å². The van der Waals surface area contributed by atoms with Crippen LogP contribution in [0.2, 0.25) is 0 Å². The number of ether oxygens (including phenoxy) is 3. The quantitative estimate of drug-likeness (QED) is 0.836. The fraction of sp³-hybridized carbons (Fsp3) is 0.188. The molecule has 0 aliphatic carbocycles. The molecule has 102 valence electrons. The van der Waals surface area contributed by atoms with Crippen molar-refractivity contribution >= 4 is 0 Å². The molecule has 0 saturated carbocycles. The molecule has 0 aromatic heterocycles. The molecule has 2 rings (SSSR count). The highest BCUT2D eigenvalue weighted by molar-refractivity contribution is 5.42. The minimum absolute atomic E-state index is 0.381. The van der Waals surface area contributed by atoms with Crippen molar-refractivity contribution in [1.82, 2.24) is 0 Å². The van der Waals surface area contributed by atoms with Crippen LogP contribution in [0, 0.1) is 11.3 Å². The molecule has 0 amide bonds. The molecule has 2 aromatic rings. The predicted molar refractivity (Wildman–Crippen MR) is 75.0 cm³/mol. The zero-order valence-corrected chi connectivity index (χ0v) is 11.4. The van der Waals surface area contributed by atoms with Gasteiger partial charge < -0.3 is 14.2 Å². The summed E-state index contributed by atoms with van der Waals surface area (Å²) in [5, 5.41) is 8.86. The molecule has 20 heavy (non-hydrogen) atoms. The summed E-state index contributed by atoms with van der Waals surface area (Å²) in [5.41, 5.74) is 1.56. The fourth-order valence-electron chi connectivity index (χ4n) is 1.76. The van der Waals surface area contributed by atoms with Crippen LogP contribution in [-0.2, 0) is 6.61 Å². The van der Waals surface area contributed by atoms with Crippen LogP contribution in [0.3, 0.4) is 0 Å². The lowest BCUT2D eigenvalue weighted by Crippen LogP contribution is -1.97. The first-order valence-electron chi connectivity index (χ1n) is 6.10. The summed E-state index contributed by atoms with van der Waals surface area (Å²) >= 11 is 0. The lowest BCUT2D eigenvalue weighted by atomic mass is 10.1. The van der Waals surface area contributed by atoms with Gasteiger partial charge in [0.05, 0.1) is 25.9 Å². The Labute approximate surface area is 118 Å². The Hall–Kier alpha value is -2.67. The maximum absolute atomic E-state index is 8.86. The van der Waals surface area contributed by atoms with Crippen LogP contribution < -0.4 is 14.2 Å². The highest BCUT2D eigenvalue weighted by Gasteiger charge is 2.03. The summed E-state index contributed by atoms with van der Waals surface area (Å²) in [4.78, 5) is 0. The van der Waals surface area contributed by atoms with E-state index in [4.69, 9.17) is 19.5 Å². The van der Waals surface area contributed by atoms with Crippen LogP contribution in [-0.4, -0.2) is 14.2 Å². The Kier molecular flexibility index (Phi) is 4.46. The third kappa shape index (κ3) is 3.42. The second-order valence-electron chi connectivity index (χ2n) is 4.15. The predicted octanol–water partition coefficient (Wildman–Crippen LogP) is 3.15. The van der Waals surface area contributed by atoms with Crippen LogP contribution in [0.1, 0.15) is 11.1 Å². The minimum atomic E-state index is 0.381.